The van der Waals surface area contributed by atoms with Gasteiger partial charge in [0.15, 0.2) is 0 Å². The van der Waals surface area contributed by atoms with Gasteiger partial charge in [-0.1, -0.05) is 34.3 Å². The maximum absolute atomic E-state index is 11.6. The van der Waals surface area contributed by atoms with Crippen LogP contribution in [0.2, 0.25) is 0 Å². The fourth-order valence-corrected chi connectivity index (χ4v) is 2.85. The van der Waals surface area contributed by atoms with E-state index in [0.717, 1.165) is 24.3 Å². The predicted molar refractivity (Wildman–Crippen MR) is 118 cm³/mol. The van der Waals surface area contributed by atoms with Gasteiger partial charge in [-0.2, -0.15) is 0 Å². The van der Waals surface area contributed by atoms with Gasteiger partial charge in [0.2, 0.25) is 6.29 Å². The van der Waals surface area contributed by atoms with Gasteiger partial charge in [-0.15, -0.1) is 0 Å². The van der Waals surface area contributed by atoms with Gasteiger partial charge in [-0.3, -0.25) is 14.9 Å². The van der Waals surface area contributed by atoms with Crippen molar-refractivity contribution >= 4 is 17.4 Å². The molecular formula is C22H41N3O3. The minimum atomic E-state index is -1.19. The van der Waals surface area contributed by atoms with E-state index in [1.165, 1.54) is 0 Å². The number of hydrogen-bond donors (Lipinski definition) is 1. The van der Waals surface area contributed by atoms with Gasteiger partial charge < -0.3 is 9.84 Å². The fraction of sp³-hybridized carbons (Fsp3) is 0.773. The highest BCUT2D eigenvalue weighted by Crippen LogP contribution is 2.04. The normalized spacial score (nSPS) is 14.1. The SMILES string of the molecule is C=C(C)C(=O)OC(O)CN(CCN=C(C)CC(C)C)CCN=C(C)CC(C)C. The molecule has 28 heavy (non-hydrogen) atoms. The summed E-state index contributed by atoms with van der Waals surface area (Å²) in [6.45, 7) is 20.8. The van der Waals surface area contributed by atoms with Gasteiger partial charge in [0.1, 0.15) is 0 Å². The molecule has 0 aromatic carbocycles. The van der Waals surface area contributed by atoms with Crippen LogP contribution in [0, 0.1) is 11.8 Å². The van der Waals surface area contributed by atoms with E-state index in [-0.39, 0.29) is 12.1 Å². The highest BCUT2D eigenvalue weighted by molar-refractivity contribution is 5.87. The van der Waals surface area contributed by atoms with Crippen molar-refractivity contribution in [2.75, 3.05) is 32.7 Å². The number of carbonyl (C=O) groups excluding carboxylic acids is 1. The van der Waals surface area contributed by atoms with Crippen molar-refractivity contribution in [1.82, 2.24) is 4.90 Å². The first-order valence-corrected chi connectivity index (χ1v) is 10.3. The van der Waals surface area contributed by atoms with Crippen LogP contribution in [0.1, 0.15) is 61.3 Å². The summed E-state index contributed by atoms with van der Waals surface area (Å²) in [4.78, 5) is 22.9. The minimum Gasteiger partial charge on any atom is -0.431 e. The largest absolute Gasteiger partial charge is 0.431 e. The number of hydrogen-bond acceptors (Lipinski definition) is 6. The Morgan fingerprint density at radius 2 is 1.39 bits per heavy atom. The smallest absolute Gasteiger partial charge is 0.335 e. The summed E-state index contributed by atoms with van der Waals surface area (Å²) in [6.07, 6.45) is 0.778. The molecule has 0 radical (unpaired) electrons. The summed E-state index contributed by atoms with van der Waals surface area (Å²) < 4.78 is 5.01. The molecule has 1 N–H and O–H groups in total. The van der Waals surface area contributed by atoms with Crippen molar-refractivity contribution in [2.24, 2.45) is 21.8 Å². The molecule has 0 aliphatic rings. The standard InChI is InChI=1S/C22H41N3O3/c1-16(2)13-19(7)23-9-11-25(12-10-24-20(8)14-17(3)4)15-21(26)28-22(27)18(5)6/h16-17,21,26H,5,9-15H2,1-4,6-8H3. The quantitative estimate of drug-likeness (QED) is 0.210. The van der Waals surface area contributed by atoms with Crippen molar-refractivity contribution in [2.45, 2.75) is 67.6 Å². The number of nitrogens with zero attached hydrogens (tertiary/aromatic N) is 3. The van der Waals surface area contributed by atoms with E-state index in [9.17, 15) is 9.90 Å². The topological polar surface area (TPSA) is 74.5 Å². The Morgan fingerprint density at radius 1 is 0.964 bits per heavy atom. The number of aliphatic hydroxyl groups is 1. The van der Waals surface area contributed by atoms with Gasteiger partial charge in [0.25, 0.3) is 0 Å². The average molecular weight is 396 g/mol. The van der Waals surface area contributed by atoms with Crippen LogP contribution in [0.4, 0.5) is 0 Å². The molecular weight excluding hydrogens is 354 g/mol. The third-order valence-corrected chi connectivity index (χ3v) is 4.01. The lowest BCUT2D eigenvalue weighted by Gasteiger charge is -2.24. The third kappa shape index (κ3) is 14.5. The Morgan fingerprint density at radius 3 is 1.75 bits per heavy atom. The average Bonchev–Trinajstić information content (AvgIpc) is 2.52. The molecule has 0 aromatic heterocycles. The summed E-state index contributed by atoms with van der Waals surface area (Å²) in [7, 11) is 0. The van der Waals surface area contributed by atoms with Crippen LogP contribution in [0.3, 0.4) is 0 Å². The molecule has 0 amide bonds. The van der Waals surface area contributed by atoms with Crippen molar-refractivity contribution in [1.29, 1.82) is 0 Å². The van der Waals surface area contributed by atoms with E-state index in [1.807, 2.05) is 18.7 Å². The van der Waals surface area contributed by atoms with Crippen LogP contribution < -0.4 is 0 Å². The predicted octanol–water partition coefficient (Wildman–Crippen LogP) is 3.74. The molecule has 0 aliphatic carbocycles. The first kappa shape index (κ1) is 26.5. The Balaban J connectivity index is 4.76. The molecule has 0 spiro atoms. The summed E-state index contributed by atoms with van der Waals surface area (Å²) in [5, 5.41) is 10.1. The zero-order valence-electron chi connectivity index (χ0n) is 19.0. The molecule has 0 aromatic rings. The van der Waals surface area contributed by atoms with Gasteiger partial charge in [-0.25, -0.2) is 4.79 Å². The van der Waals surface area contributed by atoms with Crippen LogP contribution in [0.5, 0.6) is 0 Å². The van der Waals surface area contributed by atoms with Crippen LogP contribution >= 0.6 is 0 Å². The van der Waals surface area contributed by atoms with Crippen molar-refractivity contribution in [3.8, 4) is 0 Å². The van der Waals surface area contributed by atoms with Crippen LogP contribution in [0.15, 0.2) is 22.1 Å². The monoisotopic (exact) mass is 395 g/mol. The van der Waals surface area contributed by atoms with Gasteiger partial charge in [0.05, 0.1) is 19.6 Å². The van der Waals surface area contributed by atoms with E-state index < -0.39 is 12.3 Å². The van der Waals surface area contributed by atoms with Gasteiger partial charge >= 0.3 is 5.97 Å². The maximum atomic E-state index is 11.6. The van der Waals surface area contributed by atoms with Gasteiger partial charge in [-0.05, 0) is 45.4 Å². The molecule has 0 saturated carbocycles. The van der Waals surface area contributed by atoms with E-state index in [4.69, 9.17) is 4.74 Å². The van der Waals surface area contributed by atoms with E-state index >= 15 is 0 Å². The zero-order chi connectivity index (χ0) is 21.7. The molecule has 1 unspecified atom stereocenters. The Labute approximate surface area is 171 Å². The Kier molecular flexibility index (Phi) is 13.7. The number of ether oxygens (including phenoxy) is 1. The lowest BCUT2D eigenvalue weighted by atomic mass is 10.1. The van der Waals surface area contributed by atoms with E-state index in [0.29, 0.717) is 38.0 Å². The second-order valence-electron chi connectivity index (χ2n) is 8.37. The second kappa shape index (κ2) is 14.5. The number of carbonyl (C=O) groups is 1. The molecule has 6 heteroatoms. The Hall–Kier alpha value is -1.53. The molecule has 0 saturated heterocycles. The number of aliphatic imine (C=N–C) groups is 2. The van der Waals surface area contributed by atoms with Crippen molar-refractivity contribution < 1.29 is 14.6 Å². The fourth-order valence-electron chi connectivity index (χ4n) is 2.85. The lowest BCUT2D eigenvalue weighted by Crippen LogP contribution is -2.38. The summed E-state index contributed by atoms with van der Waals surface area (Å²) in [5.41, 5.74) is 2.54. The molecule has 0 fully saturated rings. The minimum absolute atomic E-state index is 0.233. The highest BCUT2D eigenvalue weighted by Gasteiger charge is 2.16. The lowest BCUT2D eigenvalue weighted by molar-refractivity contribution is -0.165. The summed E-state index contributed by atoms with van der Waals surface area (Å²) in [6, 6.07) is 0. The molecule has 0 heterocycles. The number of rotatable bonds is 14. The zero-order valence-corrected chi connectivity index (χ0v) is 19.0. The van der Waals surface area contributed by atoms with Crippen molar-refractivity contribution in [3.05, 3.63) is 12.2 Å². The van der Waals surface area contributed by atoms with Crippen molar-refractivity contribution in [3.63, 3.8) is 0 Å². The second-order valence-corrected chi connectivity index (χ2v) is 8.37. The Bertz CT molecular complexity index is 509. The first-order chi connectivity index (χ1) is 13.0. The summed E-state index contributed by atoms with van der Waals surface area (Å²) >= 11 is 0. The molecule has 0 aliphatic heterocycles. The number of esters is 1. The van der Waals surface area contributed by atoms with E-state index in [2.05, 4.69) is 44.3 Å². The highest BCUT2D eigenvalue weighted by atomic mass is 16.6. The van der Waals surface area contributed by atoms with E-state index in [1.54, 1.807) is 6.92 Å². The first-order valence-electron chi connectivity index (χ1n) is 10.3. The van der Waals surface area contributed by atoms with Gasteiger partial charge in [0, 0.05) is 30.1 Å². The van der Waals surface area contributed by atoms with Crippen LogP contribution in [0.25, 0.3) is 0 Å². The molecule has 0 bridgehead atoms. The third-order valence-electron chi connectivity index (χ3n) is 4.01. The maximum Gasteiger partial charge on any atom is 0.335 e. The summed E-state index contributed by atoms with van der Waals surface area (Å²) in [5.74, 6) is 0.590. The van der Waals surface area contributed by atoms with Crippen LogP contribution in [-0.4, -0.2) is 66.4 Å². The molecule has 0 rings (SSSR count). The molecule has 162 valence electrons. The molecule has 6 nitrogen and oxygen atoms in total. The number of aliphatic hydroxyl groups excluding tert-OH is 1. The molecule has 1 atom stereocenters. The van der Waals surface area contributed by atoms with Crippen LogP contribution in [-0.2, 0) is 9.53 Å².